The molecule has 2 nitrogen and oxygen atoms in total. The number of nitrogens with two attached hydrogens (primary N) is 1. The van der Waals surface area contributed by atoms with Crippen LogP contribution in [0.4, 0.5) is 0 Å². The van der Waals surface area contributed by atoms with Gasteiger partial charge in [0.15, 0.2) is 0 Å². The Morgan fingerprint density at radius 2 is 1.72 bits per heavy atom. The number of aliphatic hydroxyl groups excluding tert-OH is 1. The van der Waals surface area contributed by atoms with E-state index in [0.29, 0.717) is 12.5 Å². The molecule has 3 N–H and O–H groups in total. The van der Waals surface area contributed by atoms with Crippen LogP contribution in [0.3, 0.4) is 0 Å². The number of aryl methyl sites for hydroxylation is 2. The summed E-state index contributed by atoms with van der Waals surface area (Å²) in [4.78, 5) is 0. The second-order valence-electron chi connectivity index (χ2n) is 5.25. The standard InChI is InChI=1S/C16H27NO/c1-5-13(6-2)16(18)15(10-17)14-8-7-11(3)12(4)9-14/h7-9,13,15-16,18H,5-6,10,17H2,1-4H3. The van der Waals surface area contributed by atoms with Crippen LogP contribution < -0.4 is 5.73 Å². The topological polar surface area (TPSA) is 46.2 Å². The molecule has 0 fully saturated rings. The lowest BCUT2D eigenvalue weighted by Crippen LogP contribution is -2.32. The van der Waals surface area contributed by atoms with E-state index in [2.05, 4.69) is 45.9 Å². The van der Waals surface area contributed by atoms with Crippen LogP contribution in [-0.4, -0.2) is 17.8 Å². The van der Waals surface area contributed by atoms with E-state index in [0.717, 1.165) is 12.8 Å². The highest BCUT2D eigenvalue weighted by Crippen LogP contribution is 2.28. The molecule has 102 valence electrons. The molecular weight excluding hydrogens is 222 g/mol. The van der Waals surface area contributed by atoms with Gasteiger partial charge < -0.3 is 10.8 Å². The van der Waals surface area contributed by atoms with E-state index in [4.69, 9.17) is 5.73 Å². The van der Waals surface area contributed by atoms with Crippen molar-refractivity contribution in [2.75, 3.05) is 6.54 Å². The maximum atomic E-state index is 10.5. The van der Waals surface area contributed by atoms with Gasteiger partial charge in [0, 0.05) is 12.5 Å². The molecule has 2 unspecified atom stereocenters. The Bertz CT molecular complexity index is 371. The Labute approximate surface area is 111 Å². The third-order valence-corrected chi connectivity index (χ3v) is 4.16. The Kier molecular flexibility index (Phi) is 5.83. The third-order valence-electron chi connectivity index (χ3n) is 4.16. The molecule has 0 spiro atoms. The molecule has 1 aromatic rings. The van der Waals surface area contributed by atoms with Gasteiger partial charge >= 0.3 is 0 Å². The van der Waals surface area contributed by atoms with Crippen molar-refractivity contribution in [2.45, 2.75) is 52.6 Å². The molecule has 2 heteroatoms. The lowest BCUT2D eigenvalue weighted by atomic mass is 9.82. The minimum Gasteiger partial charge on any atom is -0.392 e. The van der Waals surface area contributed by atoms with Crippen molar-refractivity contribution in [1.29, 1.82) is 0 Å². The van der Waals surface area contributed by atoms with Crippen LogP contribution in [0.1, 0.15) is 49.3 Å². The van der Waals surface area contributed by atoms with Crippen molar-refractivity contribution in [3.63, 3.8) is 0 Å². The Hall–Kier alpha value is -0.860. The van der Waals surface area contributed by atoms with Crippen molar-refractivity contribution in [3.05, 3.63) is 34.9 Å². The Morgan fingerprint density at radius 1 is 1.11 bits per heavy atom. The van der Waals surface area contributed by atoms with Crippen molar-refractivity contribution < 1.29 is 5.11 Å². The van der Waals surface area contributed by atoms with Crippen LogP contribution in [0, 0.1) is 19.8 Å². The first-order chi connectivity index (χ1) is 8.54. The summed E-state index contributed by atoms with van der Waals surface area (Å²) in [5, 5.41) is 10.5. The summed E-state index contributed by atoms with van der Waals surface area (Å²) in [6.45, 7) is 8.97. The van der Waals surface area contributed by atoms with Crippen LogP contribution in [0.15, 0.2) is 18.2 Å². The predicted octanol–water partition coefficient (Wildman–Crippen LogP) is 3.14. The summed E-state index contributed by atoms with van der Waals surface area (Å²) < 4.78 is 0. The van der Waals surface area contributed by atoms with Crippen LogP contribution in [0.2, 0.25) is 0 Å². The average Bonchev–Trinajstić information content (AvgIpc) is 2.36. The van der Waals surface area contributed by atoms with E-state index in [9.17, 15) is 5.11 Å². The first kappa shape index (κ1) is 15.2. The van der Waals surface area contributed by atoms with Crippen LogP contribution >= 0.6 is 0 Å². The normalized spacial score (nSPS) is 14.8. The van der Waals surface area contributed by atoms with E-state index >= 15 is 0 Å². The summed E-state index contributed by atoms with van der Waals surface area (Å²) in [5.74, 6) is 0.384. The van der Waals surface area contributed by atoms with Gasteiger partial charge in [-0.1, -0.05) is 44.9 Å². The van der Waals surface area contributed by atoms with Crippen LogP contribution in [-0.2, 0) is 0 Å². The Balaban J connectivity index is 2.97. The summed E-state index contributed by atoms with van der Waals surface area (Å²) in [6, 6.07) is 6.39. The van der Waals surface area contributed by atoms with E-state index < -0.39 is 0 Å². The van der Waals surface area contributed by atoms with Gasteiger partial charge in [0.1, 0.15) is 0 Å². The smallest absolute Gasteiger partial charge is 0.0648 e. The zero-order chi connectivity index (χ0) is 13.7. The van der Waals surface area contributed by atoms with Crippen LogP contribution in [0.5, 0.6) is 0 Å². The summed E-state index contributed by atoms with van der Waals surface area (Å²) in [6.07, 6.45) is 1.66. The Morgan fingerprint density at radius 3 is 2.17 bits per heavy atom. The van der Waals surface area contributed by atoms with E-state index in [1.165, 1.54) is 16.7 Å². The maximum Gasteiger partial charge on any atom is 0.0648 e. The molecule has 2 atom stereocenters. The second-order valence-corrected chi connectivity index (χ2v) is 5.25. The highest BCUT2D eigenvalue weighted by Gasteiger charge is 2.26. The number of benzene rings is 1. The zero-order valence-electron chi connectivity index (χ0n) is 12.1. The van der Waals surface area contributed by atoms with Gasteiger partial charge in [-0.25, -0.2) is 0 Å². The number of aliphatic hydroxyl groups is 1. The zero-order valence-corrected chi connectivity index (χ0v) is 12.1. The van der Waals surface area contributed by atoms with Crippen molar-refractivity contribution in [1.82, 2.24) is 0 Å². The van der Waals surface area contributed by atoms with E-state index in [1.54, 1.807) is 0 Å². The van der Waals surface area contributed by atoms with Gasteiger partial charge in [-0.3, -0.25) is 0 Å². The molecule has 0 saturated carbocycles. The first-order valence-electron chi connectivity index (χ1n) is 7.00. The molecule has 0 aromatic heterocycles. The van der Waals surface area contributed by atoms with Gasteiger partial charge in [-0.05, 0) is 36.5 Å². The summed E-state index contributed by atoms with van der Waals surface area (Å²) in [7, 11) is 0. The molecule has 1 aromatic carbocycles. The molecule has 0 aliphatic rings. The SMILES string of the molecule is CCC(CC)C(O)C(CN)c1ccc(C)c(C)c1. The maximum absolute atomic E-state index is 10.5. The fourth-order valence-electron chi connectivity index (χ4n) is 2.57. The average molecular weight is 249 g/mol. The molecule has 1 rings (SSSR count). The third kappa shape index (κ3) is 3.33. The molecule has 0 aliphatic heterocycles. The summed E-state index contributed by atoms with van der Waals surface area (Å²) >= 11 is 0. The van der Waals surface area contributed by atoms with Gasteiger partial charge in [0.2, 0.25) is 0 Å². The highest BCUT2D eigenvalue weighted by atomic mass is 16.3. The molecule has 18 heavy (non-hydrogen) atoms. The van der Waals surface area contributed by atoms with Gasteiger partial charge in [-0.2, -0.15) is 0 Å². The molecule has 0 bridgehead atoms. The predicted molar refractivity (Wildman–Crippen MR) is 77.8 cm³/mol. The van der Waals surface area contributed by atoms with Crippen LogP contribution in [0.25, 0.3) is 0 Å². The van der Waals surface area contributed by atoms with Gasteiger partial charge in [0.25, 0.3) is 0 Å². The fraction of sp³-hybridized carbons (Fsp3) is 0.625. The minimum atomic E-state index is -0.341. The second kappa shape index (κ2) is 6.91. The summed E-state index contributed by atoms with van der Waals surface area (Å²) in [5.41, 5.74) is 9.60. The fourth-order valence-corrected chi connectivity index (χ4v) is 2.57. The molecule has 0 saturated heterocycles. The molecule has 0 amide bonds. The quantitative estimate of drug-likeness (QED) is 0.813. The largest absolute Gasteiger partial charge is 0.392 e. The van der Waals surface area contributed by atoms with Crippen molar-refractivity contribution in [2.24, 2.45) is 11.7 Å². The van der Waals surface area contributed by atoms with Gasteiger partial charge in [0.05, 0.1) is 6.10 Å². The molecule has 0 heterocycles. The minimum absolute atomic E-state index is 0.0502. The lowest BCUT2D eigenvalue weighted by Gasteiger charge is -2.28. The highest BCUT2D eigenvalue weighted by molar-refractivity contribution is 5.32. The van der Waals surface area contributed by atoms with Crippen molar-refractivity contribution in [3.8, 4) is 0 Å². The monoisotopic (exact) mass is 249 g/mol. The van der Waals surface area contributed by atoms with E-state index in [1.807, 2.05) is 0 Å². The number of hydrogen-bond donors (Lipinski definition) is 2. The van der Waals surface area contributed by atoms with Crippen molar-refractivity contribution >= 4 is 0 Å². The van der Waals surface area contributed by atoms with E-state index in [-0.39, 0.29) is 12.0 Å². The molecule has 0 aliphatic carbocycles. The van der Waals surface area contributed by atoms with Gasteiger partial charge in [-0.15, -0.1) is 0 Å². The first-order valence-corrected chi connectivity index (χ1v) is 7.00. The number of rotatable bonds is 6. The number of hydrogen-bond acceptors (Lipinski definition) is 2. The molecular formula is C16H27NO. The molecule has 0 radical (unpaired) electrons. The lowest BCUT2D eigenvalue weighted by molar-refractivity contribution is 0.0779.